The molecule has 0 radical (unpaired) electrons. The summed E-state index contributed by atoms with van der Waals surface area (Å²) in [7, 11) is 1.61. The van der Waals surface area contributed by atoms with E-state index < -0.39 is 0 Å². The van der Waals surface area contributed by atoms with Crippen molar-refractivity contribution in [1.29, 1.82) is 0 Å². The van der Waals surface area contributed by atoms with Crippen LogP contribution in [0.5, 0.6) is 0 Å². The Morgan fingerprint density at radius 3 is 2.92 bits per heavy atom. The first-order valence-electron chi connectivity index (χ1n) is 8.50. The number of hydrogen-bond acceptors (Lipinski definition) is 4. The van der Waals surface area contributed by atoms with Gasteiger partial charge in [0.2, 0.25) is 11.8 Å². The molecule has 0 saturated carbocycles. The maximum atomic E-state index is 12.7. The summed E-state index contributed by atoms with van der Waals surface area (Å²) < 4.78 is 4.99. The molecule has 0 aromatic carbocycles. The van der Waals surface area contributed by atoms with Gasteiger partial charge < -0.3 is 15.0 Å². The molecular formula is C18H27N3O3. The molecule has 1 aliphatic rings. The standard InChI is InChI=1S/C18H27N3O3/c1-13(2)12-21-16(22)7-6-15(18(23)20-9-10-24-3)17(21)14-5-4-8-19-11-14/h4-5,8,11,13,15,17H,6-7,9-10,12H2,1-3H3,(H,20,23)/t15-,17+/m1/s1. The lowest BCUT2D eigenvalue weighted by molar-refractivity contribution is -0.144. The zero-order valence-electron chi connectivity index (χ0n) is 14.7. The number of carbonyl (C=O) groups is 2. The van der Waals surface area contributed by atoms with E-state index in [-0.39, 0.29) is 23.8 Å². The van der Waals surface area contributed by atoms with Crippen molar-refractivity contribution < 1.29 is 14.3 Å². The third-order valence-corrected chi connectivity index (χ3v) is 4.24. The molecule has 1 aromatic rings. The average molecular weight is 333 g/mol. The summed E-state index contributed by atoms with van der Waals surface area (Å²) in [5, 5.41) is 2.92. The lowest BCUT2D eigenvalue weighted by atomic mass is 9.83. The summed E-state index contributed by atoms with van der Waals surface area (Å²) in [6.07, 6.45) is 4.43. The van der Waals surface area contributed by atoms with Gasteiger partial charge in [0.15, 0.2) is 0 Å². The number of hydrogen-bond donors (Lipinski definition) is 1. The van der Waals surface area contributed by atoms with Gasteiger partial charge in [-0.25, -0.2) is 0 Å². The van der Waals surface area contributed by atoms with Crippen molar-refractivity contribution in [2.75, 3.05) is 26.8 Å². The molecular weight excluding hydrogens is 306 g/mol. The summed E-state index contributed by atoms with van der Waals surface area (Å²) in [6, 6.07) is 3.53. The Morgan fingerprint density at radius 1 is 1.50 bits per heavy atom. The van der Waals surface area contributed by atoms with Crippen LogP contribution in [0.3, 0.4) is 0 Å². The van der Waals surface area contributed by atoms with E-state index in [2.05, 4.69) is 24.1 Å². The van der Waals surface area contributed by atoms with Crippen molar-refractivity contribution in [3.63, 3.8) is 0 Å². The number of carbonyl (C=O) groups excluding carboxylic acids is 2. The van der Waals surface area contributed by atoms with Crippen molar-refractivity contribution in [1.82, 2.24) is 15.2 Å². The summed E-state index contributed by atoms with van der Waals surface area (Å²) in [4.78, 5) is 31.2. The second-order valence-corrected chi connectivity index (χ2v) is 6.60. The fraction of sp³-hybridized carbons (Fsp3) is 0.611. The fourth-order valence-electron chi connectivity index (χ4n) is 3.21. The summed E-state index contributed by atoms with van der Waals surface area (Å²) in [6.45, 7) is 5.75. The third kappa shape index (κ3) is 4.54. The Labute approximate surface area is 143 Å². The predicted molar refractivity (Wildman–Crippen MR) is 91.1 cm³/mol. The minimum atomic E-state index is -0.262. The van der Waals surface area contributed by atoms with E-state index in [0.29, 0.717) is 38.5 Å². The Hall–Kier alpha value is -1.95. The molecule has 1 fully saturated rings. The van der Waals surface area contributed by atoms with E-state index in [9.17, 15) is 9.59 Å². The van der Waals surface area contributed by atoms with Crippen LogP contribution >= 0.6 is 0 Å². The molecule has 1 N–H and O–H groups in total. The Morgan fingerprint density at radius 2 is 2.29 bits per heavy atom. The minimum absolute atomic E-state index is 0.0258. The molecule has 0 bridgehead atoms. The van der Waals surface area contributed by atoms with E-state index >= 15 is 0 Å². The van der Waals surface area contributed by atoms with Crippen LogP contribution in [0.1, 0.15) is 38.3 Å². The Balaban J connectivity index is 2.26. The first-order valence-corrected chi connectivity index (χ1v) is 8.50. The molecule has 1 saturated heterocycles. The molecule has 0 aliphatic carbocycles. The number of methoxy groups -OCH3 is 1. The van der Waals surface area contributed by atoms with E-state index in [1.807, 2.05) is 17.0 Å². The molecule has 0 unspecified atom stereocenters. The highest BCUT2D eigenvalue weighted by molar-refractivity contribution is 5.85. The van der Waals surface area contributed by atoms with Crippen LogP contribution in [0.2, 0.25) is 0 Å². The predicted octanol–water partition coefficient (Wildman–Crippen LogP) is 1.78. The van der Waals surface area contributed by atoms with Crippen molar-refractivity contribution in [3.8, 4) is 0 Å². The van der Waals surface area contributed by atoms with Crippen molar-refractivity contribution >= 4 is 11.8 Å². The number of ether oxygens (including phenoxy) is 1. The first kappa shape index (κ1) is 18.4. The third-order valence-electron chi connectivity index (χ3n) is 4.24. The average Bonchev–Trinajstić information content (AvgIpc) is 2.57. The second kappa shape index (κ2) is 8.78. The second-order valence-electron chi connectivity index (χ2n) is 6.60. The number of amides is 2. The van der Waals surface area contributed by atoms with E-state index in [1.54, 1.807) is 19.5 Å². The highest BCUT2D eigenvalue weighted by Gasteiger charge is 2.40. The summed E-state index contributed by atoms with van der Waals surface area (Å²) >= 11 is 0. The topological polar surface area (TPSA) is 71.5 Å². The molecule has 2 atom stereocenters. The van der Waals surface area contributed by atoms with Gasteiger partial charge in [-0.2, -0.15) is 0 Å². The number of aromatic nitrogens is 1. The van der Waals surface area contributed by atoms with Gasteiger partial charge in [0.1, 0.15) is 0 Å². The molecule has 0 spiro atoms. The Bertz CT molecular complexity index is 548. The largest absolute Gasteiger partial charge is 0.383 e. The van der Waals surface area contributed by atoms with Crippen LogP contribution in [0, 0.1) is 11.8 Å². The van der Waals surface area contributed by atoms with Gasteiger partial charge in [0.25, 0.3) is 0 Å². The van der Waals surface area contributed by atoms with Crippen LogP contribution in [-0.4, -0.2) is 48.5 Å². The molecule has 2 heterocycles. The number of piperidine rings is 1. The maximum Gasteiger partial charge on any atom is 0.225 e. The SMILES string of the molecule is COCCNC(=O)[C@@H]1CCC(=O)N(CC(C)C)[C@H]1c1cccnc1. The summed E-state index contributed by atoms with van der Waals surface area (Å²) in [5.74, 6) is 0.159. The van der Waals surface area contributed by atoms with Gasteiger partial charge in [-0.1, -0.05) is 19.9 Å². The van der Waals surface area contributed by atoms with Gasteiger partial charge in [-0.3, -0.25) is 14.6 Å². The molecule has 6 heteroatoms. The minimum Gasteiger partial charge on any atom is -0.383 e. The van der Waals surface area contributed by atoms with Crippen molar-refractivity contribution in [3.05, 3.63) is 30.1 Å². The van der Waals surface area contributed by atoms with Gasteiger partial charge >= 0.3 is 0 Å². The van der Waals surface area contributed by atoms with Crippen LogP contribution in [0.15, 0.2) is 24.5 Å². The lowest BCUT2D eigenvalue weighted by Gasteiger charge is -2.41. The van der Waals surface area contributed by atoms with Gasteiger partial charge in [-0.05, 0) is 24.0 Å². The number of nitrogens with one attached hydrogen (secondary N) is 1. The number of nitrogens with zero attached hydrogens (tertiary/aromatic N) is 2. The Kier molecular flexibility index (Phi) is 6.73. The van der Waals surface area contributed by atoms with Crippen molar-refractivity contribution in [2.24, 2.45) is 11.8 Å². The number of rotatable bonds is 7. The van der Waals surface area contributed by atoms with Crippen LogP contribution in [-0.2, 0) is 14.3 Å². The summed E-state index contributed by atoms with van der Waals surface area (Å²) in [5.41, 5.74) is 0.915. The molecule has 24 heavy (non-hydrogen) atoms. The maximum absolute atomic E-state index is 12.7. The van der Waals surface area contributed by atoms with Crippen LogP contribution < -0.4 is 5.32 Å². The molecule has 2 rings (SSSR count). The van der Waals surface area contributed by atoms with Gasteiger partial charge in [0, 0.05) is 39.0 Å². The van der Waals surface area contributed by atoms with Crippen molar-refractivity contribution in [2.45, 2.75) is 32.7 Å². The highest BCUT2D eigenvalue weighted by atomic mass is 16.5. The molecule has 1 aliphatic heterocycles. The number of pyridine rings is 1. The first-order chi connectivity index (χ1) is 11.5. The zero-order chi connectivity index (χ0) is 17.5. The zero-order valence-corrected chi connectivity index (χ0v) is 14.7. The molecule has 6 nitrogen and oxygen atoms in total. The molecule has 2 amide bonds. The van der Waals surface area contributed by atoms with Crippen LogP contribution in [0.4, 0.5) is 0 Å². The smallest absolute Gasteiger partial charge is 0.225 e. The van der Waals surface area contributed by atoms with Gasteiger partial charge in [-0.15, -0.1) is 0 Å². The van der Waals surface area contributed by atoms with E-state index in [4.69, 9.17) is 4.74 Å². The number of likely N-dealkylation sites (tertiary alicyclic amines) is 1. The monoisotopic (exact) mass is 333 g/mol. The highest BCUT2D eigenvalue weighted by Crippen LogP contribution is 2.37. The lowest BCUT2D eigenvalue weighted by Crippen LogP contribution is -2.49. The fourth-order valence-corrected chi connectivity index (χ4v) is 3.21. The molecule has 1 aromatic heterocycles. The van der Waals surface area contributed by atoms with Crippen LogP contribution in [0.25, 0.3) is 0 Å². The normalized spacial score (nSPS) is 21.2. The quantitative estimate of drug-likeness (QED) is 0.772. The van der Waals surface area contributed by atoms with Gasteiger partial charge in [0.05, 0.1) is 18.6 Å². The van der Waals surface area contributed by atoms with E-state index in [1.165, 1.54) is 0 Å². The molecule has 132 valence electrons. The van der Waals surface area contributed by atoms with E-state index in [0.717, 1.165) is 5.56 Å².